The second kappa shape index (κ2) is 6.89. The first-order valence-electron chi connectivity index (χ1n) is 4.98. The largest absolute Gasteiger partial charge is 0.463 e. The van der Waals surface area contributed by atoms with Crippen LogP contribution in [0.3, 0.4) is 0 Å². The smallest absolute Gasteiger partial charge is 0.330 e. The summed E-state index contributed by atoms with van der Waals surface area (Å²) in [6, 6.07) is 0. The Labute approximate surface area is 92.0 Å². The highest BCUT2D eigenvalue weighted by atomic mass is 16.5. The standard InChI is InChI=1S/C13H18O2/c1-5-15-12(14)10-8-6-7-9-11-13(2,3)4/h6-8,10H,5H2,1-4H3/b7-6+,10-8+. The van der Waals surface area contributed by atoms with Gasteiger partial charge in [0, 0.05) is 11.5 Å². The van der Waals surface area contributed by atoms with Gasteiger partial charge in [0.1, 0.15) is 0 Å². The Hall–Kier alpha value is -1.49. The SMILES string of the molecule is CCOC(=O)/C=C/C=C/C#CC(C)(C)C. The predicted octanol–water partition coefficient (Wildman–Crippen LogP) is 2.71. The Morgan fingerprint density at radius 3 is 2.53 bits per heavy atom. The molecule has 82 valence electrons. The highest BCUT2D eigenvalue weighted by Crippen LogP contribution is 2.09. The molecule has 0 bridgehead atoms. The van der Waals surface area contributed by atoms with E-state index < -0.39 is 0 Å². The zero-order valence-corrected chi connectivity index (χ0v) is 9.83. The van der Waals surface area contributed by atoms with Gasteiger partial charge >= 0.3 is 5.97 Å². The van der Waals surface area contributed by atoms with Crippen molar-refractivity contribution in [1.29, 1.82) is 0 Å². The van der Waals surface area contributed by atoms with Gasteiger partial charge in [-0.2, -0.15) is 0 Å². The molecule has 0 rings (SSSR count). The Balaban J connectivity index is 3.99. The number of hydrogen-bond donors (Lipinski definition) is 0. The zero-order chi connectivity index (χ0) is 11.7. The second-order valence-electron chi connectivity index (χ2n) is 3.99. The molecule has 0 fully saturated rings. The van der Waals surface area contributed by atoms with E-state index in [-0.39, 0.29) is 11.4 Å². The molecule has 0 aromatic carbocycles. The molecule has 2 heteroatoms. The third kappa shape index (κ3) is 10.4. The van der Waals surface area contributed by atoms with E-state index in [9.17, 15) is 4.79 Å². The van der Waals surface area contributed by atoms with Crippen LogP contribution in [-0.2, 0) is 9.53 Å². The number of carbonyl (C=O) groups is 1. The lowest BCUT2D eigenvalue weighted by molar-refractivity contribution is -0.137. The Kier molecular flexibility index (Phi) is 6.21. The lowest BCUT2D eigenvalue weighted by Gasteiger charge is -2.05. The fraction of sp³-hybridized carbons (Fsp3) is 0.462. The van der Waals surface area contributed by atoms with Crippen LogP contribution >= 0.6 is 0 Å². The molecule has 0 spiro atoms. The van der Waals surface area contributed by atoms with Crippen molar-refractivity contribution in [2.75, 3.05) is 6.61 Å². The first kappa shape index (κ1) is 13.5. The van der Waals surface area contributed by atoms with Gasteiger partial charge in [0.2, 0.25) is 0 Å². The average Bonchev–Trinajstić information content (AvgIpc) is 2.09. The van der Waals surface area contributed by atoms with Gasteiger partial charge < -0.3 is 4.74 Å². The molecule has 0 saturated carbocycles. The summed E-state index contributed by atoms with van der Waals surface area (Å²) in [6.45, 7) is 8.31. The summed E-state index contributed by atoms with van der Waals surface area (Å²) in [5, 5.41) is 0. The summed E-state index contributed by atoms with van der Waals surface area (Å²) in [5.41, 5.74) is 0.00912. The summed E-state index contributed by atoms with van der Waals surface area (Å²) in [6.07, 6.45) is 6.42. The molecular weight excluding hydrogens is 188 g/mol. The Morgan fingerprint density at radius 2 is 2.00 bits per heavy atom. The second-order valence-corrected chi connectivity index (χ2v) is 3.99. The molecule has 0 saturated heterocycles. The number of esters is 1. The Bertz CT molecular complexity index is 306. The van der Waals surface area contributed by atoms with Crippen molar-refractivity contribution in [3.63, 3.8) is 0 Å². The summed E-state index contributed by atoms with van der Waals surface area (Å²) in [4.78, 5) is 10.9. The predicted molar refractivity (Wildman–Crippen MR) is 62.1 cm³/mol. The molecule has 0 aliphatic heterocycles. The molecule has 2 nitrogen and oxygen atoms in total. The van der Waals surface area contributed by atoms with E-state index in [1.165, 1.54) is 6.08 Å². The summed E-state index contributed by atoms with van der Waals surface area (Å²) < 4.78 is 4.71. The van der Waals surface area contributed by atoms with Gasteiger partial charge in [0.25, 0.3) is 0 Å². The van der Waals surface area contributed by atoms with E-state index in [0.29, 0.717) is 6.61 Å². The van der Waals surface area contributed by atoms with E-state index >= 15 is 0 Å². The van der Waals surface area contributed by atoms with Crippen LogP contribution in [0.15, 0.2) is 24.3 Å². The van der Waals surface area contributed by atoms with Crippen molar-refractivity contribution in [3.05, 3.63) is 24.3 Å². The van der Waals surface area contributed by atoms with Crippen LogP contribution in [0, 0.1) is 17.3 Å². The highest BCUT2D eigenvalue weighted by Gasteiger charge is 2.01. The van der Waals surface area contributed by atoms with Gasteiger partial charge in [-0.15, -0.1) is 0 Å². The van der Waals surface area contributed by atoms with Crippen molar-refractivity contribution >= 4 is 5.97 Å². The van der Waals surface area contributed by atoms with Gasteiger partial charge in [-0.1, -0.05) is 24.0 Å². The fourth-order valence-corrected chi connectivity index (χ4v) is 0.686. The third-order valence-electron chi connectivity index (χ3n) is 1.26. The van der Waals surface area contributed by atoms with Crippen LogP contribution in [0.5, 0.6) is 0 Å². The van der Waals surface area contributed by atoms with E-state index in [0.717, 1.165) is 0 Å². The molecule has 0 aliphatic rings. The molecule has 0 aromatic heterocycles. The quantitative estimate of drug-likeness (QED) is 0.307. The topological polar surface area (TPSA) is 26.3 Å². The number of ether oxygens (including phenoxy) is 1. The van der Waals surface area contributed by atoms with Gasteiger partial charge in [0.15, 0.2) is 0 Å². The molecule has 0 unspecified atom stereocenters. The first-order chi connectivity index (χ1) is 6.95. The van der Waals surface area contributed by atoms with Crippen LogP contribution in [-0.4, -0.2) is 12.6 Å². The molecular formula is C13H18O2. The monoisotopic (exact) mass is 206 g/mol. The van der Waals surface area contributed by atoms with Gasteiger partial charge in [-0.05, 0) is 33.8 Å². The van der Waals surface area contributed by atoms with Crippen molar-refractivity contribution < 1.29 is 9.53 Å². The molecule has 0 amide bonds. The van der Waals surface area contributed by atoms with Crippen molar-refractivity contribution in [2.24, 2.45) is 5.41 Å². The van der Waals surface area contributed by atoms with Crippen molar-refractivity contribution in [2.45, 2.75) is 27.7 Å². The number of hydrogen-bond acceptors (Lipinski definition) is 2. The lowest BCUT2D eigenvalue weighted by atomic mass is 9.98. The average molecular weight is 206 g/mol. The summed E-state index contributed by atoms with van der Waals surface area (Å²) in [7, 11) is 0. The molecule has 0 atom stereocenters. The van der Waals surface area contributed by atoms with E-state index in [2.05, 4.69) is 11.8 Å². The number of carbonyl (C=O) groups excluding carboxylic acids is 1. The van der Waals surface area contributed by atoms with E-state index in [4.69, 9.17) is 4.74 Å². The molecule has 0 N–H and O–H groups in total. The maximum atomic E-state index is 10.9. The highest BCUT2D eigenvalue weighted by molar-refractivity contribution is 5.82. The van der Waals surface area contributed by atoms with E-state index in [1.54, 1.807) is 25.2 Å². The fourth-order valence-electron chi connectivity index (χ4n) is 0.686. The summed E-state index contributed by atoms with van der Waals surface area (Å²) in [5.74, 6) is 5.62. The van der Waals surface area contributed by atoms with Gasteiger partial charge in [0.05, 0.1) is 6.61 Å². The van der Waals surface area contributed by atoms with Crippen molar-refractivity contribution in [1.82, 2.24) is 0 Å². The number of allylic oxidation sites excluding steroid dienone is 3. The molecule has 0 aliphatic carbocycles. The van der Waals surface area contributed by atoms with Gasteiger partial charge in [-0.3, -0.25) is 0 Å². The van der Waals surface area contributed by atoms with Crippen molar-refractivity contribution in [3.8, 4) is 11.8 Å². The normalized spacial score (nSPS) is 11.5. The van der Waals surface area contributed by atoms with Crippen LogP contribution in [0.1, 0.15) is 27.7 Å². The summed E-state index contributed by atoms with van der Waals surface area (Å²) >= 11 is 0. The minimum Gasteiger partial charge on any atom is -0.463 e. The molecule has 0 radical (unpaired) electrons. The van der Waals surface area contributed by atoms with Crippen LogP contribution in [0.4, 0.5) is 0 Å². The van der Waals surface area contributed by atoms with Crippen LogP contribution in [0.25, 0.3) is 0 Å². The lowest BCUT2D eigenvalue weighted by Crippen LogP contribution is -1.98. The van der Waals surface area contributed by atoms with Crippen LogP contribution < -0.4 is 0 Å². The minimum absolute atomic E-state index is 0.00912. The van der Waals surface area contributed by atoms with Crippen LogP contribution in [0.2, 0.25) is 0 Å². The first-order valence-corrected chi connectivity index (χ1v) is 4.98. The third-order valence-corrected chi connectivity index (χ3v) is 1.26. The van der Waals surface area contributed by atoms with Gasteiger partial charge in [-0.25, -0.2) is 4.79 Å². The molecule has 0 aromatic rings. The maximum Gasteiger partial charge on any atom is 0.330 e. The maximum absolute atomic E-state index is 10.9. The Morgan fingerprint density at radius 1 is 1.33 bits per heavy atom. The molecule has 15 heavy (non-hydrogen) atoms. The number of rotatable bonds is 3. The zero-order valence-electron chi connectivity index (χ0n) is 9.83. The minimum atomic E-state index is -0.328. The molecule has 0 heterocycles. The van der Waals surface area contributed by atoms with E-state index in [1.807, 2.05) is 20.8 Å².